The van der Waals surface area contributed by atoms with Gasteiger partial charge in [-0.2, -0.15) is 0 Å². The Labute approximate surface area is 593 Å². The first kappa shape index (κ1) is 74.0. The first-order valence-electron chi connectivity index (χ1n) is 34.2. The Balaban J connectivity index is 1.00. The number of aliphatic hydroxyl groups excluding tert-OH is 1. The summed E-state index contributed by atoms with van der Waals surface area (Å²) in [5.74, 6) is 0. The van der Waals surface area contributed by atoms with Crippen LogP contribution in [0.4, 0.5) is 0 Å². The fourth-order valence-corrected chi connectivity index (χ4v) is 16.1. The van der Waals surface area contributed by atoms with E-state index in [9.17, 15) is 5.11 Å². The minimum absolute atomic E-state index is 0.00735. The number of sulfonamides is 2. The molecule has 4 saturated heterocycles. The standard InChI is InChI=1S/C78H90N2O18S2Si/c1-78(2,3)101(4,5)98-76-66(80-100(84,85)61-44-28-13-29-45-61)72(89-49-57-36-20-9-21-37-57)69(63(93-76)52-87-47-55-32-16-7-17-33-55)96-75-65(79-99(82,83)60-42-26-12-27-43-60)71(88-48-56-34-18-8-19-35-56)70(62(92-75)51-86-46-54-30-14-6-15-31-54)97-77-73(90-50-58-38-22-10-23-39-58)67(81)68-64(94-77)53-91-74(95-68)59-40-24-11-25-41-59/h6-45,62-77,79-81H,46-53H2,1-5H3/t62-,63-,64-,65-,66-,67+,68-,69-,70-,71-,72-,73+,74-,75+,76-,77+/m1/s1. The monoisotopic (exact) mass is 1430 g/mol. The third-order valence-electron chi connectivity index (χ3n) is 18.8. The van der Waals surface area contributed by atoms with Crippen LogP contribution in [-0.4, -0.2) is 142 Å². The van der Waals surface area contributed by atoms with Gasteiger partial charge in [0.2, 0.25) is 20.0 Å². The van der Waals surface area contributed by atoms with Crippen LogP contribution in [-0.2, 0) is 114 Å². The van der Waals surface area contributed by atoms with Crippen LogP contribution in [0.3, 0.4) is 0 Å². The van der Waals surface area contributed by atoms with Gasteiger partial charge in [0.15, 0.2) is 33.5 Å². The summed E-state index contributed by atoms with van der Waals surface area (Å²) in [5, 5.41) is 12.4. The van der Waals surface area contributed by atoms with E-state index >= 15 is 16.8 Å². The molecule has 0 radical (unpaired) electrons. The van der Waals surface area contributed by atoms with E-state index in [0.717, 1.165) is 27.8 Å². The average Bonchev–Trinajstić information content (AvgIpc) is 0.757. The van der Waals surface area contributed by atoms with Crippen molar-refractivity contribution in [2.45, 2.75) is 180 Å². The molecule has 536 valence electrons. The van der Waals surface area contributed by atoms with Crippen molar-refractivity contribution < 1.29 is 83.2 Å². The predicted molar refractivity (Wildman–Crippen MR) is 378 cm³/mol. The lowest BCUT2D eigenvalue weighted by Crippen LogP contribution is -2.71. The summed E-state index contributed by atoms with van der Waals surface area (Å²) in [5.41, 5.74) is 4.66. The molecule has 0 spiro atoms. The molecule has 23 heteroatoms. The molecule has 20 nitrogen and oxygen atoms in total. The molecule has 0 saturated carbocycles. The molecule has 0 unspecified atom stereocenters. The lowest BCUT2D eigenvalue weighted by molar-refractivity contribution is -0.391. The molecule has 0 aliphatic carbocycles. The van der Waals surface area contributed by atoms with Crippen molar-refractivity contribution in [3.8, 4) is 0 Å². The van der Waals surface area contributed by atoms with Crippen molar-refractivity contribution in [1.82, 2.24) is 9.44 Å². The largest absolute Gasteiger partial charge is 0.391 e. The molecule has 4 aliphatic heterocycles. The molecule has 4 aliphatic rings. The van der Waals surface area contributed by atoms with Gasteiger partial charge in [-0.15, -0.1) is 0 Å². The fraction of sp³-hybridized carbons (Fsp3) is 0.385. The lowest BCUT2D eigenvalue weighted by atomic mass is 9.94. The summed E-state index contributed by atoms with van der Waals surface area (Å²) in [6.45, 7) is 9.87. The van der Waals surface area contributed by atoms with E-state index in [1.165, 1.54) is 24.3 Å². The van der Waals surface area contributed by atoms with E-state index in [2.05, 4.69) is 30.2 Å². The molecular weight excluding hydrogens is 1350 g/mol. The number of hydrogen-bond acceptors (Lipinski definition) is 18. The third-order valence-corrected chi connectivity index (χ3v) is 26.2. The highest BCUT2D eigenvalue weighted by Gasteiger charge is 2.59. The number of fused-ring (bicyclic) bond motifs is 1. The first-order chi connectivity index (χ1) is 48.9. The fourth-order valence-electron chi connectivity index (χ4n) is 12.4. The normalized spacial score (nSPS) is 27.3. The van der Waals surface area contributed by atoms with E-state index in [0.29, 0.717) is 5.56 Å². The van der Waals surface area contributed by atoms with Crippen LogP contribution in [0.15, 0.2) is 252 Å². The van der Waals surface area contributed by atoms with Crippen molar-refractivity contribution in [3.63, 3.8) is 0 Å². The Bertz CT molecular complexity index is 4040. The molecule has 0 bridgehead atoms. The molecule has 12 rings (SSSR count). The highest BCUT2D eigenvalue weighted by Crippen LogP contribution is 2.43. The predicted octanol–water partition coefficient (Wildman–Crippen LogP) is 11.3. The summed E-state index contributed by atoms with van der Waals surface area (Å²) >= 11 is 0. The van der Waals surface area contributed by atoms with Gasteiger partial charge in [0.05, 0.1) is 62.6 Å². The van der Waals surface area contributed by atoms with Gasteiger partial charge in [0, 0.05) is 5.56 Å². The zero-order valence-electron chi connectivity index (χ0n) is 57.2. The van der Waals surface area contributed by atoms with E-state index in [1.54, 1.807) is 36.4 Å². The maximum absolute atomic E-state index is 15.5. The topological polar surface area (TPSA) is 233 Å². The van der Waals surface area contributed by atoms with E-state index in [1.807, 2.05) is 195 Å². The van der Waals surface area contributed by atoms with Crippen molar-refractivity contribution in [2.24, 2.45) is 0 Å². The van der Waals surface area contributed by atoms with Gasteiger partial charge in [-0.1, -0.05) is 239 Å². The highest BCUT2D eigenvalue weighted by atomic mass is 32.2. The van der Waals surface area contributed by atoms with Crippen LogP contribution in [0, 0.1) is 0 Å². The number of rotatable bonds is 30. The smallest absolute Gasteiger partial charge is 0.241 e. The number of ether oxygens (including phenoxy) is 12. The Morgan fingerprint density at radius 2 is 0.792 bits per heavy atom. The van der Waals surface area contributed by atoms with Gasteiger partial charge in [-0.25, -0.2) is 26.3 Å². The van der Waals surface area contributed by atoms with Crippen LogP contribution in [0.25, 0.3) is 0 Å². The molecule has 0 amide bonds. The van der Waals surface area contributed by atoms with Gasteiger partial charge in [-0.05, 0) is 70.2 Å². The van der Waals surface area contributed by atoms with Crippen LogP contribution in [0.5, 0.6) is 0 Å². The first-order valence-corrected chi connectivity index (χ1v) is 40.0. The molecule has 4 fully saturated rings. The molecule has 0 aromatic heterocycles. The summed E-state index contributed by atoms with van der Waals surface area (Å²) in [7, 11) is -12.0. The van der Waals surface area contributed by atoms with Crippen LogP contribution in [0.1, 0.15) is 60.4 Å². The van der Waals surface area contributed by atoms with Crippen molar-refractivity contribution in [2.75, 3.05) is 19.8 Å². The minimum Gasteiger partial charge on any atom is -0.391 e. The van der Waals surface area contributed by atoms with Gasteiger partial charge in [0.1, 0.15) is 73.1 Å². The second-order valence-corrected chi connectivity index (χ2v) is 35.3. The third kappa shape index (κ3) is 19.2. The van der Waals surface area contributed by atoms with Gasteiger partial charge >= 0.3 is 0 Å². The molecule has 4 heterocycles. The quantitative estimate of drug-likeness (QED) is 0.0355. The van der Waals surface area contributed by atoms with Crippen molar-refractivity contribution in [1.29, 1.82) is 0 Å². The summed E-state index contributed by atoms with van der Waals surface area (Å²) in [4.78, 5) is -0.139. The zero-order valence-corrected chi connectivity index (χ0v) is 59.8. The number of aliphatic hydroxyl groups is 1. The van der Waals surface area contributed by atoms with E-state index < -0.39 is 132 Å². The summed E-state index contributed by atoms with van der Waals surface area (Å²) < 4.78 is 159. The van der Waals surface area contributed by atoms with Crippen LogP contribution >= 0.6 is 0 Å². The van der Waals surface area contributed by atoms with Gasteiger partial charge < -0.3 is 66.4 Å². The second kappa shape index (κ2) is 34.2. The Morgan fingerprint density at radius 3 is 1.21 bits per heavy atom. The maximum atomic E-state index is 15.5. The highest BCUT2D eigenvalue weighted by molar-refractivity contribution is 7.89. The number of nitrogens with one attached hydrogen (secondary N) is 2. The van der Waals surface area contributed by atoms with Crippen LogP contribution in [0.2, 0.25) is 18.1 Å². The Kier molecular flexibility index (Phi) is 25.1. The molecule has 3 N–H and O–H groups in total. The number of benzene rings is 8. The average molecular weight is 1440 g/mol. The van der Waals surface area contributed by atoms with Crippen LogP contribution < -0.4 is 9.44 Å². The van der Waals surface area contributed by atoms with E-state index in [4.69, 9.17) is 61.3 Å². The summed E-state index contributed by atoms with van der Waals surface area (Å²) in [6, 6.07) is 69.5. The summed E-state index contributed by atoms with van der Waals surface area (Å²) in [6.07, 6.45) is -18.0. The zero-order chi connectivity index (χ0) is 70.4. The minimum atomic E-state index is -4.61. The molecule has 101 heavy (non-hydrogen) atoms. The Morgan fingerprint density at radius 1 is 0.436 bits per heavy atom. The molecule has 8 aromatic carbocycles. The molecule has 16 atom stereocenters. The van der Waals surface area contributed by atoms with Crippen molar-refractivity contribution in [3.05, 3.63) is 276 Å². The molecular formula is C78H90N2O18S2Si. The SMILES string of the molecule is CC(C)(C)[Si](C)(C)O[C@H]1O[C@H](COCc2ccccc2)[C@@H](O[C@@H]2O[C@H](COCc3ccccc3)[C@@H](O[C@@H]3O[C@@H]4CO[C@@H](c5ccccc5)O[C@H]4[C@H](O)[C@@H]3OCc3ccccc3)[C@H](OCc3ccccc3)[C@H]2NS(=O)(=O)c2ccccc2)[C@H](OCc2ccccc2)[C@H]1NS(=O)(=O)c1ccccc1. The van der Waals surface area contributed by atoms with Crippen molar-refractivity contribution >= 4 is 28.4 Å². The molecule has 8 aromatic rings. The number of hydrogen-bond donors (Lipinski definition) is 3. The lowest BCUT2D eigenvalue weighted by Gasteiger charge is -2.53. The maximum Gasteiger partial charge on any atom is 0.241 e. The second-order valence-electron chi connectivity index (χ2n) is 27.1. The van der Waals surface area contributed by atoms with E-state index in [-0.39, 0.29) is 62.6 Å². The van der Waals surface area contributed by atoms with Gasteiger partial charge in [-0.3, -0.25) is 0 Å². The van der Waals surface area contributed by atoms with Gasteiger partial charge in [0.25, 0.3) is 0 Å². The Hall–Kier alpha value is -6.76.